The van der Waals surface area contributed by atoms with E-state index >= 15 is 0 Å². The number of rotatable bonds is 1. The number of halogens is 1. The Morgan fingerprint density at radius 1 is 1.57 bits per heavy atom. The van der Waals surface area contributed by atoms with E-state index in [2.05, 4.69) is 15.1 Å². The zero-order chi connectivity index (χ0) is 10.3. The van der Waals surface area contributed by atoms with Gasteiger partial charge in [0, 0.05) is 0 Å². The summed E-state index contributed by atoms with van der Waals surface area (Å²) in [7, 11) is 1.55. The second-order valence-corrected chi connectivity index (χ2v) is 2.93. The van der Waals surface area contributed by atoms with Crippen LogP contribution in [0.3, 0.4) is 0 Å². The van der Waals surface area contributed by atoms with Gasteiger partial charge in [0.1, 0.15) is 6.33 Å². The Hall–Kier alpha value is -1.76. The molecular formula is C6H4ClN5O2. The van der Waals surface area contributed by atoms with Gasteiger partial charge in [-0.1, -0.05) is 11.6 Å². The van der Waals surface area contributed by atoms with E-state index in [1.807, 2.05) is 0 Å². The van der Waals surface area contributed by atoms with Gasteiger partial charge in [0.25, 0.3) is 0 Å². The monoisotopic (exact) mass is 213 g/mol. The van der Waals surface area contributed by atoms with Crippen molar-refractivity contribution < 1.29 is 4.92 Å². The molecule has 0 saturated heterocycles. The van der Waals surface area contributed by atoms with Gasteiger partial charge in [-0.15, -0.1) is 0 Å². The van der Waals surface area contributed by atoms with Gasteiger partial charge in [-0.2, -0.15) is 4.68 Å². The Balaban J connectivity index is 2.93. The van der Waals surface area contributed by atoms with Gasteiger partial charge in [-0.25, -0.2) is 9.97 Å². The summed E-state index contributed by atoms with van der Waals surface area (Å²) in [6.07, 6.45) is 1.23. The third-order valence-electron chi connectivity index (χ3n) is 1.73. The molecule has 2 heterocycles. The summed E-state index contributed by atoms with van der Waals surface area (Å²) >= 11 is 5.71. The van der Waals surface area contributed by atoms with Gasteiger partial charge in [-0.3, -0.25) is 0 Å². The Morgan fingerprint density at radius 3 is 2.93 bits per heavy atom. The molecule has 0 spiro atoms. The lowest BCUT2D eigenvalue weighted by Crippen LogP contribution is -1.93. The minimum Gasteiger partial charge on any atom is -0.358 e. The molecule has 2 aromatic rings. The molecular weight excluding hydrogens is 210 g/mol. The van der Waals surface area contributed by atoms with E-state index in [0.29, 0.717) is 5.65 Å². The average Bonchev–Trinajstić information content (AvgIpc) is 2.46. The minimum atomic E-state index is -0.614. The maximum atomic E-state index is 10.6. The summed E-state index contributed by atoms with van der Waals surface area (Å²) in [5.74, 6) is -0.326. The Morgan fingerprint density at radius 2 is 2.29 bits per heavy atom. The predicted molar refractivity (Wildman–Crippen MR) is 48.0 cm³/mol. The second kappa shape index (κ2) is 2.88. The van der Waals surface area contributed by atoms with Crippen LogP contribution < -0.4 is 0 Å². The Bertz CT molecular complexity index is 522. The third kappa shape index (κ3) is 1.10. The second-order valence-electron chi connectivity index (χ2n) is 2.57. The van der Waals surface area contributed by atoms with E-state index in [1.165, 1.54) is 11.0 Å². The number of nitro groups is 1. The van der Waals surface area contributed by atoms with E-state index in [4.69, 9.17) is 11.6 Å². The molecule has 0 aliphatic carbocycles. The topological polar surface area (TPSA) is 86.7 Å². The SMILES string of the molecule is Cn1nc([N+](=O)[O-])c2c(Cl)ncnc21. The molecule has 0 saturated carbocycles. The van der Waals surface area contributed by atoms with Crippen LogP contribution in [-0.4, -0.2) is 24.7 Å². The molecule has 0 aromatic carbocycles. The molecule has 2 aromatic heterocycles. The van der Waals surface area contributed by atoms with Crippen molar-refractivity contribution in [3.05, 3.63) is 21.6 Å². The molecule has 0 N–H and O–H groups in total. The number of nitrogens with zero attached hydrogens (tertiary/aromatic N) is 5. The largest absolute Gasteiger partial charge is 0.402 e. The summed E-state index contributed by atoms with van der Waals surface area (Å²) in [6, 6.07) is 0. The summed E-state index contributed by atoms with van der Waals surface area (Å²) in [5.41, 5.74) is 0.344. The molecule has 0 unspecified atom stereocenters. The van der Waals surface area contributed by atoms with Crippen molar-refractivity contribution in [1.29, 1.82) is 0 Å². The smallest absolute Gasteiger partial charge is 0.358 e. The molecule has 7 nitrogen and oxygen atoms in total. The van der Waals surface area contributed by atoms with Gasteiger partial charge >= 0.3 is 5.82 Å². The fraction of sp³-hybridized carbons (Fsp3) is 0.167. The minimum absolute atomic E-state index is 0.0369. The quantitative estimate of drug-likeness (QED) is 0.399. The summed E-state index contributed by atoms with van der Waals surface area (Å²) in [5, 5.41) is 14.5. The van der Waals surface area contributed by atoms with Crippen molar-refractivity contribution in [3.8, 4) is 0 Å². The van der Waals surface area contributed by atoms with Crippen molar-refractivity contribution >= 4 is 28.5 Å². The molecule has 2 rings (SSSR count). The highest BCUT2D eigenvalue weighted by Gasteiger charge is 2.23. The fourth-order valence-electron chi connectivity index (χ4n) is 1.16. The highest BCUT2D eigenvalue weighted by atomic mass is 35.5. The van der Waals surface area contributed by atoms with Crippen molar-refractivity contribution in [2.75, 3.05) is 0 Å². The lowest BCUT2D eigenvalue weighted by atomic mass is 10.4. The van der Waals surface area contributed by atoms with Crippen LogP contribution in [0.25, 0.3) is 11.0 Å². The van der Waals surface area contributed by atoms with Crippen molar-refractivity contribution in [2.45, 2.75) is 0 Å². The maximum absolute atomic E-state index is 10.6. The first-order valence-corrected chi connectivity index (χ1v) is 3.96. The fourth-order valence-corrected chi connectivity index (χ4v) is 1.37. The third-order valence-corrected chi connectivity index (χ3v) is 2.02. The first-order chi connectivity index (χ1) is 6.61. The van der Waals surface area contributed by atoms with Crippen LogP contribution in [0.1, 0.15) is 0 Å². The molecule has 0 aliphatic heterocycles. The zero-order valence-corrected chi connectivity index (χ0v) is 7.76. The van der Waals surface area contributed by atoms with E-state index in [0.717, 1.165) is 0 Å². The maximum Gasteiger partial charge on any atom is 0.402 e. The van der Waals surface area contributed by atoms with Gasteiger partial charge in [0.15, 0.2) is 16.2 Å². The highest BCUT2D eigenvalue weighted by molar-refractivity contribution is 6.34. The first kappa shape index (κ1) is 8.82. The van der Waals surface area contributed by atoms with Crippen molar-refractivity contribution in [2.24, 2.45) is 7.05 Å². The van der Waals surface area contributed by atoms with Gasteiger partial charge in [-0.05, 0) is 4.92 Å². The summed E-state index contributed by atoms with van der Waals surface area (Å²) < 4.78 is 1.29. The van der Waals surface area contributed by atoms with Crippen LogP contribution in [0.15, 0.2) is 6.33 Å². The molecule has 0 atom stereocenters. The Labute approximate surface area is 82.5 Å². The van der Waals surface area contributed by atoms with Gasteiger partial charge < -0.3 is 10.1 Å². The number of aromatic nitrogens is 4. The number of hydrogen-bond donors (Lipinski definition) is 0. The Kier molecular flexibility index (Phi) is 1.81. The summed E-state index contributed by atoms with van der Waals surface area (Å²) in [4.78, 5) is 17.5. The molecule has 0 fully saturated rings. The normalized spacial score (nSPS) is 10.7. The van der Waals surface area contributed by atoms with Gasteiger partial charge in [0.05, 0.1) is 12.1 Å². The summed E-state index contributed by atoms with van der Waals surface area (Å²) in [6.45, 7) is 0. The molecule has 0 bridgehead atoms. The van der Waals surface area contributed by atoms with Crippen LogP contribution in [-0.2, 0) is 7.05 Å². The lowest BCUT2D eigenvalue weighted by Gasteiger charge is -1.90. The van der Waals surface area contributed by atoms with E-state index in [1.54, 1.807) is 7.05 Å². The van der Waals surface area contributed by atoms with Crippen LogP contribution in [0.2, 0.25) is 5.15 Å². The molecule has 0 aliphatic rings. The molecule has 0 radical (unpaired) electrons. The number of hydrogen-bond acceptors (Lipinski definition) is 5. The van der Waals surface area contributed by atoms with Crippen LogP contribution >= 0.6 is 11.6 Å². The number of aryl methyl sites for hydroxylation is 1. The van der Waals surface area contributed by atoms with Crippen LogP contribution in [0.4, 0.5) is 5.82 Å². The standard InChI is InChI=1S/C6H4ClN5O2/c1-11-5-3(4(7)8-2-9-5)6(10-11)12(13)14/h2H,1H3. The lowest BCUT2D eigenvalue weighted by molar-refractivity contribution is -0.388. The molecule has 8 heteroatoms. The molecule has 14 heavy (non-hydrogen) atoms. The highest BCUT2D eigenvalue weighted by Crippen LogP contribution is 2.27. The van der Waals surface area contributed by atoms with E-state index < -0.39 is 4.92 Å². The van der Waals surface area contributed by atoms with E-state index in [-0.39, 0.29) is 16.4 Å². The van der Waals surface area contributed by atoms with Crippen molar-refractivity contribution in [1.82, 2.24) is 19.7 Å². The predicted octanol–water partition coefficient (Wildman–Crippen LogP) is 0.925. The van der Waals surface area contributed by atoms with Crippen molar-refractivity contribution in [3.63, 3.8) is 0 Å². The van der Waals surface area contributed by atoms with Crippen LogP contribution in [0.5, 0.6) is 0 Å². The number of fused-ring (bicyclic) bond motifs is 1. The first-order valence-electron chi connectivity index (χ1n) is 3.59. The zero-order valence-electron chi connectivity index (χ0n) is 7.01. The van der Waals surface area contributed by atoms with Gasteiger partial charge in [0.2, 0.25) is 0 Å². The average molecular weight is 214 g/mol. The van der Waals surface area contributed by atoms with Crippen LogP contribution in [0, 0.1) is 10.1 Å². The molecule has 72 valence electrons. The van der Waals surface area contributed by atoms with E-state index in [9.17, 15) is 10.1 Å². The molecule has 0 amide bonds.